The van der Waals surface area contributed by atoms with E-state index in [9.17, 15) is 4.79 Å². The van der Waals surface area contributed by atoms with E-state index in [1.165, 1.54) is 0 Å². The van der Waals surface area contributed by atoms with Gasteiger partial charge in [0.2, 0.25) is 0 Å². The zero-order valence-corrected chi connectivity index (χ0v) is 11.5. The molecule has 0 aliphatic heterocycles. The van der Waals surface area contributed by atoms with Crippen LogP contribution in [0.3, 0.4) is 0 Å². The molecule has 0 saturated heterocycles. The summed E-state index contributed by atoms with van der Waals surface area (Å²) < 4.78 is 7.19. The first kappa shape index (κ1) is 14.0. The maximum Gasteiger partial charge on any atom is 0.303 e. The molecular weight excluding hydrogens is 258 g/mol. The molecule has 1 heterocycles. The van der Waals surface area contributed by atoms with Crippen LogP contribution in [0.5, 0.6) is 5.75 Å². The molecule has 0 saturated carbocycles. The third-order valence-corrected chi connectivity index (χ3v) is 2.61. The molecule has 1 aromatic carbocycles. The number of hydrogen-bond acceptors (Lipinski definition) is 4. The number of carboxylic acids is 1. The van der Waals surface area contributed by atoms with Crippen LogP contribution < -0.4 is 4.74 Å². The maximum atomic E-state index is 10.5. The largest absolute Gasteiger partial charge is 0.491 e. The summed E-state index contributed by atoms with van der Waals surface area (Å²) in [7, 11) is 0. The lowest BCUT2D eigenvalue weighted by molar-refractivity contribution is -0.136. The molecule has 0 atom stereocenters. The van der Waals surface area contributed by atoms with Crippen LogP contribution >= 0.6 is 0 Å². The Kier molecular flexibility index (Phi) is 4.34. The summed E-state index contributed by atoms with van der Waals surface area (Å²) in [4.78, 5) is 10.5. The van der Waals surface area contributed by atoms with Crippen LogP contribution in [-0.2, 0) is 11.2 Å². The van der Waals surface area contributed by atoms with Gasteiger partial charge in [0.1, 0.15) is 5.75 Å². The number of aromatic nitrogens is 3. The molecule has 0 aliphatic rings. The van der Waals surface area contributed by atoms with Crippen molar-refractivity contribution in [2.24, 2.45) is 0 Å². The normalized spacial score (nSPS) is 10.8. The van der Waals surface area contributed by atoms with Gasteiger partial charge >= 0.3 is 5.97 Å². The van der Waals surface area contributed by atoms with Crippen LogP contribution in [0.2, 0.25) is 0 Å². The van der Waals surface area contributed by atoms with Crippen molar-refractivity contribution >= 4 is 5.97 Å². The molecule has 20 heavy (non-hydrogen) atoms. The Hall–Kier alpha value is -2.37. The summed E-state index contributed by atoms with van der Waals surface area (Å²) in [5.41, 5.74) is 1.52. The van der Waals surface area contributed by atoms with Crippen LogP contribution in [0.25, 0.3) is 5.69 Å². The first-order chi connectivity index (χ1) is 9.54. The second-order valence-electron chi connectivity index (χ2n) is 4.71. The van der Waals surface area contributed by atoms with Gasteiger partial charge in [0.15, 0.2) is 0 Å². The van der Waals surface area contributed by atoms with Gasteiger partial charge in [-0.05, 0) is 38.1 Å². The van der Waals surface area contributed by atoms with Crippen LogP contribution in [0, 0.1) is 0 Å². The summed E-state index contributed by atoms with van der Waals surface area (Å²) in [5, 5.41) is 16.6. The van der Waals surface area contributed by atoms with E-state index in [-0.39, 0.29) is 12.5 Å². The van der Waals surface area contributed by atoms with Gasteiger partial charge in [-0.25, -0.2) is 4.68 Å². The highest BCUT2D eigenvalue weighted by Crippen LogP contribution is 2.16. The molecule has 0 unspecified atom stereocenters. The van der Waals surface area contributed by atoms with Gasteiger partial charge in [0.25, 0.3) is 0 Å². The van der Waals surface area contributed by atoms with Crippen LogP contribution in [0.15, 0.2) is 30.5 Å². The second-order valence-corrected chi connectivity index (χ2v) is 4.71. The lowest BCUT2D eigenvalue weighted by atomic mass is 10.2. The van der Waals surface area contributed by atoms with E-state index < -0.39 is 5.97 Å². The molecule has 6 nitrogen and oxygen atoms in total. The molecule has 0 spiro atoms. The molecule has 106 valence electrons. The van der Waals surface area contributed by atoms with E-state index in [0.717, 1.165) is 11.4 Å². The average Bonchev–Trinajstić information content (AvgIpc) is 2.85. The molecule has 0 fully saturated rings. The molecule has 0 aliphatic carbocycles. The third-order valence-electron chi connectivity index (χ3n) is 2.61. The summed E-state index contributed by atoms with van der Waals surface area (Å²) in [6.07, 6.45) is 2.31. The van der Waals surface area contributed by atoms with E-state index in [2.05, 4.69) is 10.3 Å². The van der Waals surface area contributed by atoms with Gasteiger partial charge in [-0.15, -0.1) is 5.10 Å². The van der Waals surface area contributed by atoms with Crippen molar-refractivity contribution in [2.45, 2.75) is 32.8 Å². The number of carbonyl (C=O) groups is 1. The average molecular weight is 275 g/mol. The molecule has 0 bridgehead atoms. The Labute approximate surface area is 117 Å². The fraction of sp³-hybridized carbons (Fsp3) is 0.357. The number of nitrogens with zero attached hydrogens (tertiary/aromatic N) is 3. The highest BCUT2D eigenvalue weighted by molar-refractivity contribution is 5.66. The lowest BCUT2D eigenvalue weighted by Crippen LogP contribution is -2.05. The zero-order chi connectivity index (χ0) is 14.5. The van der Waals surface area contributed by atoms with Gasteiger partial charge in [-0.3, -0.25) is 4.79 Å². The SMILES string of the molecule is CC(C)Oc1ccc(-n2cc(CCC(=O)O)nn2)cc1. The Morgan fingerprint density at radius 3 is 2.65 bits per heavy atom. The molecule has 1 N–H and O–H groups in total. The van der Waals surface area contributed by atoms with Gasteiger partial charge in [-0.2, -0.15) is 0 Å². The number of aliphatic carboxylic acids is 1. The van der Waals surface area contributed by atoms with Crippen molar-refractivity contribution < 1.29 is 14.6 Å². The third kappa shape index (κ3) is 3.81. The molecule has 6 heteroatoms. The predicted molar refractivity (Wildman–Crippen MR) is 73.1 cm³/mol. The van der Waals surface area contributed by atoms with Crippen molar-refractivity contribution in [1.29, 1.82) is 0 Å². The van der Waals surface area contributed by atoms with E-state index in [1.54, 1.807) is 10.9 Å². The second kappa shape index (κ2) is 6.18. The van der Waals surface area contributed by atoms with E-state index >= 15 is 0 Å². The van der Waals surface area contributed by atoms with Crippen molar-refractivity contribution in [3.63, 3.8) is 0 Å². The highest BCUT2D eigenvalue weighted by Gasteiger charge is 2.06. The smallest absolute Gasteiger partial charge is 0.303 e. The number of hydrogen-bond donors (Lipinski definition) is 1. The topological polar surface area (TPSA) is 77.2 Å². The van der Waals surface area contributed by atoms with Crippen molar-refractivity contribution in [2.75, 3.05) is 0 Å². The Bertz CT molecular complexity index is 576. The number of rotatable bonds is 6. The van der Waals surface area contributed by atoms with Gasteiger partial charge < -0.3 is 9.84 Å². The fourth-order valence-corrected chi connectivity index (χ4v) is 1.72. The van der Waals surface area contributed by atoms with E-state index in [1.807, 2.05) is 38.1 Å². The number of carboxylic acid groups (broad SMARTS) is 1. The summed E-state index contributed by atoms with van der Waals surface area (Å²) in [5.74, 6) is -0.0373. The van der Waals surface area contributed by atoms with Gasteiger partial charge in [0, 0.05) is 6.42 Å². The molecule has 1 aromatic heterocycles. The van der Waals surface area contributed by atoms with Crippen LogP contribution in [0.4, 0.5) is 0 Å². The Morgan fingerprint density at radius 2 is 2.05 bits per heavy atom. The number of benzene rings is 1. The fourth-order valence-electron chi connectivity index (χ4n) is 1.72. The summed E-state index contributed by atoms with van der Waals surface area (Å²) in [6, 6.07) is 7.50. The van der Waals surface area contributed by atoms with Crippen LogP contribution in [-0.4, -0.2) is 32.2 Å². The summed E-state index contributed by atoms with van der Waals surface area (Å²) >= 11 is 0. The predicted octanol–water partition coefficient (Wildman–Crippen LogP) is 2.07. The number of ether oxygens (including phenoxy) is 1. The molecule has 0 radical (unpaired) electrons. The molecule has 2 aromatic rings. The first-order valence-corrected chi connectivity index (χ1v) is 6.44. The van der Waals surface area contributed by atoms with E-state index in [4.69, 9.17) is 9.84 Å². The summed E-state index contributed by atoms with van der Waals surface area (Å²) in [6.45, 7) is 3.94. The Morgan fingerprint density at radius 1 is 1.35 bits per heavy atom. The van der Waals surface area contributed by atoms with Gasteiger partial charge in [-0.1, -0.05) is 5.21 Å². The minimum Gasteiger partial charge on any atom is -0.491 e. The first-order valence-electron chi connectivity index (χ1n) is 6.44. The monoisotopic (exact) mass is 275 g/mol. The van der Waals surface area contributed by atoms with Crippen molar-refractivity contribution in [1.82, 2.24) is 15.0 Å². The van der Waals surface area contributed by atoms with Crippen molar-refractivity contribution in [3.05, 3.63) is 36.2 Å². The van der Waals surface area contributed by atoms with Crippen molar-refractivity contribution in [3.8, 4) is 11.4 Å². The molecular formula is C14H17N3O3. The minimum atomic E-state index is -0.838. The maximum absolute atomic E-state index is 10.5. The standard InChI is InChI=1S/C14H17N3O3/c1-10(2)20-13-6-4-12(5-7-13)17-9-11(15-16-17)3-8-14(18)19/h4-7,9-10H,3,8H2,1-2H3,(H,18,19). The van der Waals surface area contributed by atoms with Crippen LogP contribution in [0.1, 0.15) is 26.0 Å². The van der Waals surface area contributed by atoms with E-state index in [0.29, 0.717) is 12.1 Å². The highest BCUT2D eigenvalue weighted by atomic mass is 16.5. The minimum absolute atomic E-state index is 0.0554. The number of aryl methyl sites for hydroxylation is 1. The quantitative estimate of drug-likeness (QED) is 0.873. The lowest BCUT2D eigenvalue weighted by Gasteiger charge is -2.09. The molecule has 0 amide bonds. The zero-order valence-electron chi connectivity index (χ0n) is 11.5. The molecule has 2 rings (SSSR count). The Balaban J connectivity index is 2.06. The van der Waals surface area contributed by atoms with Gasteiger partial charge in [0.05, 0.1) is 30.1 Å².